The molecule has 7 heteroatoms. The molecule has 1 aliphatic heterocycles. The number of hydrogen-bond acceptors (Lipinski definition) is 3. The first-order chi connectivity index (χ1) is 8.56. The van der Waals surface area contributed by atoms with E-state index >= 15 is 0 Å². The highest BCUT2D eigenvalue weighted by molar-refractivity contribution is 14.1. The summed E-state index contributed by atoms with van der Waals surface area (Å²) in [6.07, 6.45) is 0.544. The average Bonchev–Trinajstić information content (AvgIpc) is 2.33. The fourth-order valence-electron chi connectivity index (χ4n) is 1.42. The van der Waals surface area contributed by atoms with Crippen molar-refractivity contribution in [1.29, 1.82) is 0 Å². The van der Waals surface area contributed by atoms with Crippen LogP contribution in [-0.4, -0.2) is 17.5 Å². The monoisotopic (exact) mass is 361 g/mol. The molecule has 0 saturated carbocycles. The van der Waals surface area contributed by atoms with E-state index < -0.39 is 0 Å². The van der Waals surface area contributed by atoms with E-state index in [1.54, 1.807) is 0 Å². The fraction of sp³-hybridized carbons (Fsp3) is 0.182. The van der Waals surface area contributed by atoms with Crippen LogP contribution in [0.2, 0.25) is 0 Å². The summed E-state index contributed by atoms with van der Waals surface area (Å²) in [7, 11) is 0. The van der Waals surface area contributed by atoms with E-state index in [4.69, 9.17) is 0 Å². The quantitative estimate of drug-likeness (QED) is 0.787. The summed E-state index contributed by atoms with van der Waals surface area (Å²) in [5.74, 6) is -0.956. The Kier molecular flexibility index (Phi) is 3.90. The molecule has 1 aliphatic rings. The third kappa shape index (κ3) is 3.03. The van der Waals surface area contributed by atoms with Gasteiger partial charge in [0.1, 0.15) is 11.5 Å². The molecular weight excluding hydrogens is 352 g/mol. The SMILES string of the molecule is O=C1CCC(C(=O)Nc2ccc(F)cc2I)=NN1. The highest BCUT2D eigenvalue weighted by Crippen LogP contribution is 2.19. The maximum absolute atomic E-state index is 12.9. The lowest BCUT2D eigenvalue weighted by Crippen LogP contribution is -2.32. The Bertz CT molecular complexity index is 545. The number of nitrogens with one attached hydrogen (secondary N) is 2. The second-order valence-electron chi connectivity index (χ2n) is 3.67. The van der Waals surface area contributed by atoms with Crippen LogP contribution in [0.1, 0.15) is 12.8 Å². The van der Waals surface area contributed by atoms with Crippen molar-refractivity contribution in [3.05, 3.63) is 27.6 Å². The fourth-order valence-corrected chi connectivity index (χ4v) is 2.04. The maximum atomic E-state index is 12.9. The molecule has 2 N–H and O–H groups in total. The molecule has 5 nitrogen and oxygen atoms in total. The van der Waals surface area contributed by atoms with Gasteiger partial charge in [-0.2, -0.15) is 5.10 Å². The van der Waals surface area contributed by atoms with E-state index in [0.717, 1.165) is 0 Å². The molecule has 0 saturated heterocycles. The Balaban J connectivity index is 2.09. The molecule has 0 fully saturated rings. The van der Waals surface area contributed by atoms with Crippen molar-refractivity contribution in [1.82, 2.24) is 5.43 Å². The van der Waals surface area contributed by atoms with Crippen LogP contribution in [0.15, 0.2) is 23.3 Å². The highest BCUT2D eigenvalue weighted by atomic mass is 127. The van der Waals surface area contributed by atoms with Crippen molar-refractivity contribution in [2.24, 2.45) is 5.10 Å². The second kappa shape index (κ2) is 5.42. The Morgan fingerprint density at radius 1 is 1.44 bits per heavy atom. The number of halogens is 2. The normalized spacial score (nSPS) is 14.8. The van der Waals surface area contributed by atoms with Crippen molar-refractivity contribution in [2.45, 2.75) is 12.8 Å². The third-order valence-electron chi connectivity index (χ3n) is 2.35. The van der Waals surface area contributed by atoms with Gasteiger partial charge in [-0.05, 0) is 40.8 Å². The molecule has 94 valence electrons. The van der Waals surface area contributed by atoms with Crippen LogP contribution in [0.3, 0.4) is 0 Å². The Hall–Kier alpha value is -1.51. The molecule has 2 amide bonds. The van der Waals surface area contributed by atoms with Gasteiger partial charge >= 0.3 is 0 Å². The minimum absolute atomic E-state index is 0.206. The molecule has 0 atom stereocenters. The van der Waals surface area contributed by atoms with Crippen molar-refractivity contribution in [3.8, 4) is 0 Å². The predicted octanol–water partition coefficient (Wildman–Crippen LogP) is 1.63. The molecule has 1 aromatic carbocycles. The largest absolute Gasteiger partial charge is 0.320 e. The van der Waals surface area contributed by atoms with Gasteiger partial charge in [-0.1, -0.05) is 0 Å². The molecule has 0 spiro atoms. The molecule has 0 bridgehead atoms. The zero-order valence-electron chi connectivity index (χ0n) is 9.17. The van der Waals surface area contributed by atoms with E-state index in [-0.39, 0.29) is 29.8 Å². The van der Waals surface area contributed by atoms with Crippen LogP contribution in [0.4, 0.5) is 10.1 Å². The molecule has 0 aliphatic carbocycles. The molecule has 18 heavy (non-hydrogen) atoms. The molecule has 1 heterocycles. The van der Waals surface area contributed by atoms with E-state index in [9.17, 15) is 14.0 Å². The number of hydrogen-bond donors (Lipinski definition) is 2. The number of nitrogens with zero attached hydrogens (tertiary/aromatic N) is 1. The van der Waals surface area contributed by atoms with Crippen molar-refractivity contribution in [2.75, 3.05) is 5.32 Å². The number of carbonyl (C=O) groups excluding carboxylic acids is 2. The highest BCUT2D eigenvalue weighted by Gasteiger charge is 2.18. The number of rotatable bonds is 2. The van der Waals surface area contributed by atoms with Gasteiger partial charge in [-0.15, -0.1) is 0 Å². The van der Waals surface area contributed by atoms with Crippen LogP contribution in [-0.2, 0) is 9.59 Å². The Labute approximate surface area is 116 Å². The van der Waals surface area contributed by atoms with Gasteiger partial charge in [0.2, 0.25) is 5.91 Å². The molecule has 0 radical (unpaired) electrons. The van der Waals surface area contributed by atoms with Gasteiger partial charge < -0.3 is 5.32 Å². The van der Waals surface area contributed by atoms with Gasteiger partial charge in [-0.25, -0.2) is 9.82 Å². The molecule has 2 rings (SSSR count). The van der Waals surface area contributed by atoms with Crippen LogP contribution in [0, 0.1) is 9.39 Å². The second-order valence-corrected chi connectivity index (χ2v) is 4.83. The maximum Gasteiger partial charge on any atom is 0.271 e. The van der Waals surface area contributed by atoms with Crippen LogP contribution in [0.25, 0.3) is 0 Å². The summed E-state index contributed by atoms with van der Waals surface area (Å²) in [5, 5.41) is 6.31. The molecule has 0 unspecified atom stereocenters. The van der Waals surface area contributed by atoms with E-state index in [2.05, 4.69) is 15.8 Å². The number of benzene rings is 1. The first-order valence-corrected chi connectivity index (χ1v) is 6.26. The minimum Gasteiger partial charge on any atom is -0.320 e. The molecule has 0 aromatic heterocycles. The van der Waals surface area contributed by atoms with Crippen molar-refractivity contribution in [3.63, 3.8) is 0 Å². The molecular formula is C11H9FIN3O2. The van der Waals surface area contributed by atoms with Gasteiger partial charge in [0, 0.05) is 16.4 Å². The topological polar surface area (TPSA) is 70.6 Å². The van der Waals surface area contributed by atoms with Crippen molar-refractivity contribution >= 4 is 45.8 Å². The lowest BCUT2D eigenvalue weighted by Gasteiger charge is -2.12. The number of hydrazone groups is 1. The van der Waals surface area contributed by atoms with Gasteiger partial charge in [0.05, 0.1) is 5.69 Å². The Morgan fingerprint density at radius 3 is 2.83 bits per heavy atom. The summed E-state index contributed by atoms with van der Waals surface area (Å²) < 4.78 is 13.5. The van der Waals surface area contributed by atoms with E-state index in [0.29, 0.717) is 15.7 Å². The average molecular weight is 361 g/mol. The third-order valence-corrected chi connectivity index (χ3v) is 3.24. The lowest BCUT2D eigenvalue weighted by atomic mass is 10.1. The summed E-state index contributed by atoms with van der Waals surface area (Å²) in [4.78, 5) is 22.7. The van der Waals surface area contributed by atoms with Crippen LogP contribution >= 0.6 is 22.6 Å². The summed E-state index contributed by atoms with van der Waals surface area (Å²) >= 11 is 1.93. The van der Waals surface area contributed by atoms with Crippen LogP contribution in [0.5, 0.6) is 0 Å². The predicted molar refractivity (Wildman–Crippen MR) is 72.6 cm³/mol. The van der Waals surface area contributed by atoms with Crippen molar-refractivity contribution < 1.29 is 14.0 Å². The summed E-state index contributed by atoms with van der Waals surface area (Å²) in [5.41, 5.74) is 3.02. The van der Waals surface area contributed by atoms with E-state index in [1.807, 2.05) is 22.6 Å². The van der Waals surface area contributed by atoms with Gasteiger partial charge in [0.25, 0.3) is 5.91 Å². The minimum atomic E-state index is -0.389. The summed E-state index contributed by atoms with van der Waals surface area (Å²) in [6, 6.07) is 4.07. The zero-order chi connectivity index (χ0) is 13.1. The molecule has 1 aromatic rings. The first kappa shape index (κ1) is 12.9. The standard InChI is InChI=1S/C11H9FIN3O2/c12-6-1-2-8(7(13)5-6)14-11(18)9-3-4-10(17)16-15-9/h1-2,5H,3-4H2,(H,14,18)(H,16,17). The van der Waals surface area contributed by atoms with Crippen LogP contribution < -0.4 is 10.7 Å². The van der Waals surface area contributed by atoms with Gasteiger partial charge in [0.15, 0.2) is 0 Å². The lowest BCUT2D eigenvalue weighted by molar-refractivity contribution is -0.121. The zero-order valence-corrected chi connectivity index (χ0v) is 11.3. The number of carbonyl (C=O) groups is 2. The Morgan fingerprint density at radius 2 is 2.22 bits per heavy atom. The first-order valence-electron chi connectivity index (χ1n) is 5.18. The van der Waals surface area contributed by atoms with E-state index in [1.165, 1.54) is 18.2 Å². The number of amides is 2. The summed E-state index contributed by atoms with van der Waals surface area (Å²) in [6.45, 7) is 0. The van der Waals surface area contributed by atoms with Gasteiger partial charge in [-0.3, -0.25) is 9.59 Å². The number of anilines is 1. The smallest absolute Gasteiger partial charge is 0.271 e.